The molecule has 2 aromatic rings. The van der Waals surface area contributed by atoms with E-state index in [0.717, 1.165) is 25.2 Å². The van der Waals surface area contributed by atoms with Gasteiger partial charge in [-0.05, 0) is 25.7 Å². The number of rotatable bonds is 8. The van der Waals surface area contributed by atoms with Gasteiger partial charge in [0.05, 0.1) is 7.11 Å². The average molecular weight is 404 g/mol. The molecule has 0 amide bonds. The molecule has 8 heteroatoms. The maximum absolute atomic E-state index is 10.3. The third-order valence-corrected chi connectivity index (χ3v) is 3.99. The largest absolute Gasteiger partial charge is 0.504 e. The van der Waals surface area contributed by atoms with Crippen molar-refractivity contribution in [2.24, 2.45) is 0 Å². The van der Waals surface area contributed by atoms with Crippen LogP contribution in [-0.2, 0) is 22.7 Å². The van der Waals surface area contributed by atoms with E-state index in [1.54, 1.807) is 13.2 Å². The minimum Gasteiger partial charge on any atom is -0.504 e. The number of methoxy groups -OCH3 is 1. The summed E-state index contributed by atoms with van der Waals surface area (Å²) in [6.45, 7) is 3.44. The first kappa shape index (κ1) is 23.9. The molecule has 2 rings (SSSR count). The van der Waals surface area contributed by atoms with E-state index in [4.69, 9.17) is 24.5 Å². The highest BCUT2D eigenvalue weighted by Crippen LogP contribution is 2.30. The highest BCUT2D eigenvalue weighted by Gasteiger charge is 2.13. The SMILES string of the molecule is COc1cccc(CN(CCN(C)C)Cc2ccccc2)c1O.O=C(O)C(=O)O. The van der Waals surface area contributed by atoms with Gasteiger partial charge in [-0.2, -0.15) is 0 Å². The summed E-state index contributed by atoms with van der Waals surface area (Å²) in [5.74, 6) is -2.89. The topological polar surface area (TPSA) is 111 Å². The van der Waals surface area contributed by atoms with Crippen LogP contribution in [0, 0.1) is 0 Å². The molecule has 3 N–H and O–H groups in total. The lowest BCUT2D eigenvalue weighted by atomic mass is 10.1. The van der Waals surface area contributed by atoms with Crippen LogP contribution < -0.4 is 4.74 Å². The van der Waals surface area contributed by atoms with E-state index in [0.29, 0.717) is 12.3 Å². The summed E-state index contributed by atoms with van der Waals surface area (Å²) in [6, 6.07) is 16.1. The van der Waals surface area contributed by atoms with Crippen LogP contribution in [0.25, 0.3) is 0 Å². The summed E-state index contributed by atoms with van der Waals surface area (Å²) in [7, 11) is 5.72. The first-order valence-corrected chi connectivity index (χ1v) is 8.96. The van der Waals surface area contributed by atoms with Gasteiger partial charge >= 0.3 is 11.9 Å². The van der Waals surface area contributed by atoms with Crippen molar-refractivity contribution in [3.8, 4) is 11.5 Å². The molecule has 158 valence electrons. The molecule has 0 unspecified atom stereocenters. The number of nitrogens with zero attached hydrogens (tertiary/aromatic N) is 2. The van der Waals surface area contributed by atoms with Gasteiger partial charge in [-0.25, -0.2) is 9.59 Å². The molecule has 0 spiro atoms. The molecule has 0 aliphatic rings. The van der Waals surface area contributed by atoms with Gasteiger partial charge in [0.15, 0.2) is 11.5 Å². The van der Waals surface area contributed by atoms with Crippen LogP contribution >= 0.6 is 0 Å². The number of likely N-dealkylation sites (N-methyl/N-ethyl adjacent to an activating group) is 1. The molecule has 2 aromatic carbocycles. The number of carboxylic acids is 2. The second kappa shape index (κ2) is 12.4. The highest BCUT2D eigenvalue weighted by atomic mass is 16.5. The maximum Gasteiger partial charge on any atom is 0.414 e. The second-order valence-corrected chi connectivity index (χ2v) is 6.58. The number of hydrogen-bond acceptors (Lipinski definition) is 6. The van der Waals surface area contributed by atoms with Gasteiger partial charge in [0.2, 0.25) is 0 Å². The molecule has 29 heavy (non-hydrogen) atoms. The molecule has 0 bridgehead atoms. The monoisotopic (exact) mass is 404 g/mol. The van der Waals surface area contributed by atoms with Crippen molar-refractivity contribution in [1.29, 1.82) is 0 Å². The predicted octanol–water partition coefficient (Wildman–Crippen LogP) is 2.12. The first-order valence-electron chi connectivity index (χ1n) is 8.96. The number of phenols is 1. The fourth-order valence-electron chi connectivity index (χ4n) is 2.50. The number of carboxylic acid groups (broad SMARTS) is 2. The Kier molecular flexibility index (Phi) is 10.2. The number of aliphatic carboxylic acids is 2. The van der Waals surface area contributed by atoms with Crippen LogP contribution in [0.2, 0.25) is 0 Å². The van der Waals surface area contributed by atoms with Gasteiger partial charge in [-0.3, -0.25) is 4.90 Å². The van der Waals surface area contributed by atoms with Gasteiger partial charge in [0.25, 0.3) is 0 Å². The molecule has 0 heterocycles. The summed E-state index contributed by atoms with van der Waals surface area (Å²) >= 11 is 0. The van der Waals surface area contributed by atoms with E-state index < -0.39 is 11.9 Å². The van der Waals surface area contributed by atoms with Crippen molar-refractivity contribution in [3.63, 3.8) is 0 Å². The molecule has 0 saturated carbocycles. The van der Waals surface area contributed by atoms with Crippen molar-refractivity contribution < 1.29 is 29.6 Å². The van der Waals surface area contributed by atoms with E-state index in [1.807, 2.05) is 18.2 Å². The van der Waals surface area contributed by atoms with Crippen molar-refractivity contribution >= 4 is 11.9 Å². The van der Waals surface area contributed by atoms with E-state index in [2.05, 4.69) is 48.2 Å². The molecule has 0 aliphatic heterocycles. The molecule has 0 fully saturated rings. The molecule has 0 atom stereocenters. The van der Waals surface area contributed by atoms with Crippen molar-refractivity contribution in [2.45, 2.75) is 13.1 Å². The van der Waals surface area contributed by atoms with Crippen LogP contribution in [0.3, 0.4) is 0 Å². The molecule has 0 radical (unpaired) electrons. The first-order chi connectivity index (χ1) is 13.7. The summed E-state index contributed by atoms with van der Waals surface area (Å²) < 4.78 is 5.21. The molecule has 0 saturated heterocycles. The number of para-hydroxylation sites is 1. The van der Waals surface area contributed by atoms with Crippen LogP contribution in [-0.4, -0.2) is 71.4 Å². The van der Waals surface area contributed by atoms with Gasteiger partial charge in [0.1, 0.15) is 0 Å². The molecule has 0 aliphatic carbocycles. The average Bonchev–Trinajstić information content (AvgIpc) is 2.68. The molecular weight excluding hydrogens is 376 g/mol. The number of ether oxygens (including phenoxy) is 1. The fourth-order valence-corrected chi connectivity index (χ4v) is 2.50. The van der Waals surface area contributed by atoms with E-state index in [1.165, 1.54) is 5.56 Å². The zero-order valence-corrected chi connectivity index (χ0v) is 16.9. The Morgan fingerprint density at radius 1 is 0.897 bits per heavy atom. The molecule has 8 nitrogen and oxygen atoms in total. The Hall–Kier alpha value is -3.10. The lowest BCUT2D eigenvalue weighted by molar-refractivity contribution is -0.159. The van der Waals surface area contributed by atoms with Crippen molar-refractivity contribution in [3.05, 3.63) is 59.7 Å². The van der Waals surface area contributed by atoms with E-state index >= 15 is 0 Å². The lowest BCUT2D eigenvalue weighted by Crippen LogP contribution is -2.31. The van der Waals surface area contributed by atoms with Crippen molar-refractivity contribution in [1.82, 2.24) is 9.80 Å². The third kappa shape index (κ3) is 9.09. The molecular formula is C21H28N2O6. The van der Waals surface area contributed by atoms with Crippen molar-refractivity contribution in [2.75, 3.05) is 34.3 Å². The van der Waals surface area contributed by atoms with Crippen LogP contribution in [0.5, 0.6) is 11.5 Å². The fraction of sp³-hybridized carbons (Fsp3) is 0.333. The van der Waals surface area contributed by atoms with Crippen LogP contribution in [0.1, 0.15) is 11.1 Å². The number of benzene rings is 2. The lowest BCUT2D eigenvalue weighted by Gasteiger charge is -2.25. The van der Waals surface area contributed by atoms with Gasteiger partial charge in [-0.1, -0.05) is 42.5 Å². The number of aromatic hydroxyl groups is 1. The second-order valence-electron chi connectivity index (χ2n) is 6.58. The van der Waals surface area contributed by atoms with E-state index in [-0.39, 0.29) is 5.75 Å². The Labute approximate surface area is 170 Å². The summed E-state index contributed by atoms with van der Waals surface area (Å²) in [6.07, 6.45) is 0. The minimum absolute atomic E-state index is 0.234. The predicted molar refractivity (Wildman–Crippen MR) is 109 cm³/mol. The highest BCUT2D eigenvalue weighted by molar-refractivity contribution is 6.27. The number of phenolic OH excluding ortho intramolecular Hbond substituents is 1. The zero-order valence-electron chi connectivity index (χ0n) is 16.9. The zero-order chi connectivity index (χ0) is 21.8. The Morgan fingerprint density at radius 2 is 1.52 bits per heavy atom. The quantitative estimate of drug-likeness (QED) is 0.574. The minimum atomic E-state index is -1.82. The van der Waals surface area contributed by atoms with E-state index in [9.17, 15) is 5.11 Å². The summed E-state index contributed by atoms with van der Waals surface area (Å²) in [5, 5.41) is 25.1. The standard InChI is InChI=1S/C19H26N2O2.C2H2O4/c1-20(2)12-13-21(14-16-8-5-4-6-9-16)15-17-10-7-11-18(23-3)19(17)22;3-1(4)2(5)6/h4-11,22H,12-15H2,1-3H3;(H,3,4)(H,5,6). The van der Waals surface area contributed by atoms with Gasteiger partial charge < -0.3 is 25.0 Å². The van der Waals surface area contributed by atoms with Gasteiger partial charge in [0, 0.05) is 31.7 Å². The third-order valence-electron chi connectivity index (χ3n) is 3.99. The van der Waals surface area contributed by atoms with Crippen LogP contribution in [0.15, 0.2) is 48.5 Å². The van der Waals surface area contributed by atoms with Crippen LogP contribution in [0.4, 0.5) is 0 Å². The Morgan fingerprint density at radius 3 is 2.03 bits per heavy atom. The Bertz CT molecular complexity index is 768. The summed E-state index contributed by atoms with van der Waals surface area (Å²) in [4.78, 5) is 22.7. The number of hydrogen-bond donors (Lipinski definition) is 3. The Balaban J connectivity index is 0.000000612. The maximum atomic E-state index is 10.3. The number of carbonyl (C=O) groups is 2. The smallest absolute Gasteiger partial charge is 0.414 e. The summed E-state index contributed by atoms with van der Waals surface area (Å²) in [5.41, 5.74) is 2.16. The normalized spacial score (nSPS) is 10.4. The molecule has 0 aromatic heterocycles. The van der Waals surface area contributed by atoms with Gasteiger partial charge in [-0.15, -0.1) is 0 Å².